The van der Waals surface area contributed by atoms with Crippen LogP contribution in [0.25, 0.3) is 0 Å². The van der Waals surface area contributed by atoms with Crippen molar-refractivity contribution in [2.75, 3.05) is 11.9 Å². The van der Waals surface area contributed by atoms with Gasteiger partial charge in [-0.1, -0.05) is 13.8 Å². The van der Waals surface area contributed by atoms with Gasteiger partial charge in [0.05, 0.1) is 5.69 Å². The summed E-state index contributed by atoms with van der Waals surface area (Å²) in [5.74, 6) is 1.78. The Morgan fingerprint density at radius 2 is 2.29 bits per heavy atom. The third kappa shape index (κ3) is 1.63. The van der Waals surface area contributed by atoms with E-state index >= 15 is 0 Å². The number of imidazole rings is 1. The Morgan fingerprint density at radius 1 is 1.50 bits per heavy atom. The van der Waals surface area contributed by atoms with Crippen LogP contribution in [0.1, 0.15) is 31.7 Å². The van der Waals surface area contributed by atoms with Crippen LogP contribution >= 0.6 is 0 Å². The number of nitrogens with zero attached hydrogens (tertiary/aromatic N) is 2. The van der Waals surface area contributed by atoms with Crippen LogP contribution in [0.4, 0.5) is 5.95 Å². The number of anilines is 1. The van der Waals surface area contributed by atoms with Crippen LogP contribution < -0.4 is 5.32 Å². The smallest absolute Gasteiger partial charge is 0.203 e. The Labute approximate surface area is 85.5 Å². The summed E-state index contributed by atoms with van der Waals surface area (Å²) in [6, 6.07) is 0. The van der Waals surface area contributed by atoms with Gasteiger partial charge in [0.2, 0.25) is 5.95 Å². The SMILES string of the molecule is Cc1nc2n(c1CC(C)C)CCCN2. The topological polar surface area (TPSA) is 29.9 Å². The van der Waals surface area contributed by atoms with Gasteiger partial charge in [0.1, 0.15) is 0 Å². The summed E-state index contributed by atoms with van der Waals surface area (Å²) in [5, 5.41) is 3.35. The third-order valence-electron chi connectivity index (χ3n) is 2.72. The van der Waals surface area contributed by atoms with E-state index in [1.54, 1.807) is 0 Å². The van der Waals surface area contributed by atoms with E-state index in [0.717, 1.165) is 25.5 Å². The summed E-state index contributed by atoms with van der Waals surface area (Å²) in [6.45, 7) is 8.83. The van der Waals surface area contributed by atoms with Crippen molar-refractivity contribution < 1.29 is 0 Å². The van der Waals surface area contributed by atoms with Crippen molar-refractivity contribution in [3.05, 3.63) is 11.4 Å². The molecule has 3 nitrogen and oxygen atoms in total. The average Bonchev–Trinajstić information content (AvgIpc) is 2.43. The lowest BCUT2D eigenvalue weighted by molar-refractivity contribution is 0.559. The summed E-state index contributed by atoms with van der Waals surface area (Å²) in [7, 11) is 0. The van der Waals surface area contributed by atoms with Crippen LogP contribution in [0.5, 0.6) is 0 Å². The van der Waals surface area contributed by atoms with E-state index < -0.39 is 0 Å². The van der Waals surface area contributed by atoms with Gasteiger partial charge in [-0.15, -0.1) is 0 Å². The van der Waals surface area contributed by atoms with Gasteiger partial charge in [-0.3, -0.25) is 0 Å². The van der Waals surface area contributed by atoms with Gasteiger partial charge in [0.25, 0.3) is 0 Å². The Balaban J connectivity index is 2.33. The molecule has 2 rings (SSSR count). The third-order valence-corrected chi connectivity index (χ3v) is 2.72. The standard InChI is InChI=1S/C11H19N3/c1-8(2)7-10-9(3)13-11-12-5-4-6-14(10)11/h8H,4-7H2,1-3H3,(H,12,13). The van der Waals surface area contributed by atoms with Gasteiger partial charge < -0.3 is 9.88 Å². The van der Waals surface area contributed by atoms with E-state index in [1.165, 1.54) is 17.8 Å². The van der Waals surface area contributed by atoms with Gasteiger partial charge in [0, 0.05) is 18.8 Å². The molecule has 1 N–H and O–H groups in total. The lowest BCUT2D eigenvalue weighted by Crippen LogP contribution is -2.19. The zero-order valence-electron chi connectivity index (χ0n) is 9.30. The molecule has 0 saturated carbocycles. The number of aryl methyl sites for hydroxylation is 1. The van der Waals surface area contributed by atoms with Gasteiger partial charge in [-0.2, -0.15) is 0 Å². The normalized spacial score (nSPS) is 15.4. The maximum atomic E-state index is 4.56. The fourth-order valence-electron chi connectivity index (χ4n) is 2.06. The van der Waals surface area contributed by atoms with Gasteiger partial charge in [-0.05, 0) is 25.7 Å². The molecule has 0 fully saturated rings. The van der Waals surface area contributed by atoms with Crippen molar-refractivity contribution in [2.45, 2.75) is 40.2 Å². The molecule has 0 atom stereocenters. The summed E-state index contributed by atoms with van der Waals surface area (Å²) in [6.07, 6.45) is 2.36. The molecule has 14 heavy (non-hydrogen) atoms. The molecule has 0 radical (unpaired) electrons. The molecule has 1 aromatic rings. The first-order valence-corrected chi connectivity index (χ1v) is 5.48. The van der Waals surface area contributed by atoms with Crippen LogP contribution in [0.3, 0.4) is 0 Å². The second-order valence-corrected chi connectivity index (χ2v) is 4.50. The van der Waals surface area contributed by atoms with Crippen molar-refractivity contribution in [3.63, 3.8) is 0 Å². The molecule has 1 aromatic heterocycles. The molecule has 0 aromatic carbocycles. The number of hydrogen-bond donors (Lipinski definition) is 1. The Hall–Kier alpha value is -0.990. The molecule has 78 valence electrons. The molecule has 3 heteroatoms. The second-order valence-electron chi connectivity index (χ2n) is 4.50. The largest absolute Gasteiger partial charge is 0.356 e. The van der Waals surface area contributed by atoms with Crippen molar-refractivity contribution in [2.24, 2.45) is 5.92 Å². The molecule has 0 bridgehead atoms. The van der Waals surface area contributed by atoms with Crippen molar-refractivity contribution in [1.29, 1.82) is 0 Å². The number of nitrogens with one attached hydrogen (secondary N) is 1. The van der Waals surface area contributed by atoms with Crippen molar-refractivity contribution >= 4 is 5.95 Å². The lowest BCUT2D eigenvalue weighted by Gasteiger charge is -2.18. The van der Waals surface area contributed by atoms with E-state index in [0.29, 0.717) is 5.92 Å². The molecule has 0 amide bonds. The molecule has 0 aliphatic carbocycles. The highest BCUT2D eigenvalue weighted by molar-refractivity contribution is 5.35. The predicted molar refractivity (Wildman–Crippen MR) is 58.6 cm³/mol. The second kappa shape index (κ2) is 3.64. The summed E-state index contributed by atoms with van der Waals surface area (Å²) in [4.78, 5) is 4.56. The number of hydrogen-bond acceptors (Lipinski definition) is 2. The minimum Gasteiger partial charge on any atom is -0.356 e. The van der Waals surface area contributed by atoms with Crippen LogP contribution in [0.2, 0.25) is 0 Å². The first kappa shape index (κ1) is 9.56. The van der Waals surface area contributed by atoms with Crippen LogP contribution in [0.15, 0.2) is 0 Å². The molecular formula is C11H19N3. The lowest BCUT2D eigenvalue weighted by atomic mass is 10.1. The first-order valence-electron chi connectivity index (χ1n) is 5.48. The van der Waals surface area contributed by atoms with E-state index in [-0.39, 0.29) is 0 Å². The van der Waals surface area contributed by atoms with E-state index in [1.807, 2.05) is 0 Å². The monoisotopic (exact) mass is 193 g/mol. The molecule has 1 aliphatic rings. The predicted octanol–water partition coefficient (Wildman–Crippen LogP) is 2.21. The number of rotatable bonds is 2. The molecule has 0 saturated heterocycles. The van der Waals surface area contributed by atoms with Gasteiger partial charge in [0.15, 0.2) is 0 Å². The highest BCUT2D eigenvalue weighted by Crippen LogP contribution is 2.21. The van der Waals surface area contributed by atoms with Crippen LogP contribution in [-0.2, 0) is 13.0 Å². The maximum absolute atomic E-state index is 4.56. The molecule has 2 heterocycles. The maximum Gasteiger partial charge on any atom is 0.203 e. The van der Waals surface area contributed by atoms with Gasteiger partial charge in [-0.25, -0.2) is 4.98 Å². The first-order chi connectivity index (χ1) is 6.68. The number of fused-ring (bicyclic) bond motifs is 1. The molecule has 0 spiro atoms. The van der Waals surface area contributed by atoms with Crippen LogP contribution in [0, 0.1) is 12.8 Å². The van der Waals surface area contributed by atoms with Crippen LogP contribution in [-0.4, -0.2) is 16.1 Å². The Morgan fingerprint density at radius 3 is 3.00 bits per heavy atom. The average molecular weight is 193 g/mol. The van der Waals surface area contributed by atoms with Gasteiger partial charge >= 0.3 is 0 Å². The van der Waals surface area contributed by atoms with E-state index in [2.05, 4.69) is 35.6 Å². The molecule has 1 aliphatic heterocycles. The highest BCUT2D eigenvalue weighted by atomic mass is 15.2. The molecular weight excluding hydrogens is 174 g/mol. The summed E-state index contributed by atoms with van der Waals surface area (Å²) < 4.78 is 2.35. The number of aromatic nitrogens is 2. The minimum atomic E-state index is 0.705. The Bertz CT molecular complexity index is 326. The van der Waals surface area contributed by atoms with E-state index in [4.69, 9.17) is 0 Å². The van der Waals surface area contributed by atoms with Crippen molar-refractivity contribution in [1.82, 2.24) is 9.55 Å². The summed E-state index contributed by atoms with van der Waals surface area (Å²) in [5.41, 5.74) is 2.62. The molecule has 0 unspecified atom stereocenters. The Kier molecular flexibility index (Phi) is 2.48. The summed E-state index contributed by atoms with van der Waals surface area (Å²) >= 11 is 0. The van der Waals surface area contributed by atoms with Crippen molar-refractivity contribution in [3.8, 4) is 0 Å². The zero-order valence-corrected chi connectivity index (χ0v) is 9.30. The highest BCUT2D eigenvalue weighted by Gasteiger charge is 2.17. The fourth-order valence-corrected chi connectivity index (χ4v) is 2.06. The quantitative estimate of drug-likeness (QED) is 0.780. The van der Waals surface area contributed by atoms with E-state index in [9.17, 15) is 0 Å². The fraction of sp³-hybridized carbons (Fsp3) is 0.727. The minimum absolute atomic E-state index is 0.705. The zero-order chi connectivity index (χ0) is 10.1.